The molecule has 0 amide bonds. The standard InChI is InChI=1S/C14H15ClO/c1-14(2,9-16)12-5-3-11-8-13(15)6-4-10(11)7-12/h3-8,16H,9H2,1-2H3. The molecule has 0 aliphatic rings. The first-order valence-electron chi connectivity index (χ1n) is 5.33. The molecule has 0 fully saturated rings. The highest BCUT2D eigenvalue weighted by Gasteiger charge is 2.19. The van der Waals surface area contributed by atoms with Gasteiger partial charge in [0.2, 0.25) is 0 Å². The van der Waals surface area contributed by atoms with E-state index in [0.29, 0.717) is 0 Å². The minimum atomic E-state index is -0.201. The Morgan fingerprint density at radius 2 is 1.69 bits per heavy atom. The van der Waals surface area contributed by atoms with Crippen LogP contribution < -0.4 is 0 Å². The van der Waals surface area contributed by atoms with Crippen LogP contribution in [0.2, 0.25) is 5.02 Å². The smallest absolute Gasteiger partial charge is 0.0522 e. The number of benzene rings is 2. The molecule has 2 rings (SSSR count). The van der Waals surface area contributed by atoms with Gasteiger partial charge in [0.1, 0.15) is 0 Å². The van der Waals surface area contributed by atoms with Crippen molar-refractivity contribution in [3.05, 3.63) is 47.0 Å². The number of aliphatic hydroxyl groups excluding tert-OH is 1. The van der Waals surface area contributed by atoms with E-state index in [4.69, 9.17) is 11.6 Å². The van der Waals surface area contributed by atoms with E-state index in [1.165, 1.54) is 0 Å². The Bertz CT molecular complexity index is 517. The molecule has 0 spiro atoms. The van der Waals surface area contributed by atoms with Crippen molar-refractivity contribution in [1.82, 2.24) is 0 Å². The minimum absolute atomic E-state index is 0.145. The van der Waals surface area contributed by atoms with E-state index in [9.17, 15) is 5.11 Å². The molecule has 2 heteroatoms. The molecule has 0 saturated carbocycles. The maximum absolute atomic E-state index is 9.34. The van der Waals surface area contributed by atoms with Gasteiger partial charge >= 0.3 is 0 Å². The van der Waals surface area contributed by atoms with Crippen LogP contribution in [0.25, 0.3) is 10.8 Å². The SMILES string of the molecule is CC(C)(CO)c1ccc2cc(Cl)ccc2c1. The van der Waals surface area contributed by atoms with Crippen molar-refractivity contribution in [2.24, 2.45) is 0 Å². The lowest BCUT2D eigenvalue weighted by atomic mass is 9.84. The van der Waals surface area contributed by atoms with Gasteiger partial charge in [-0.2, -0.15) is 0 Å². The maximum Gasteiger partial charge on any atom is 0.0522 e. The van der Waals surface area contributed by atoms with Crippen LogP contribution in [0.4, 0.5) is 0 Å². The number of halogens is 1. The largest absolute Gasteiger partial charge is 0.395 e. The molecule has 0 atom stereocenters. The first-order chi connectivity index (χ1) is 7.53. The van der Waals surface area contributed by atoms with Crippen LogP contribution >= 0.6 is 11.6 Å². The fourth-order valence-corrected chi connectivity index (χ4v) is 1.91. The molecular formula is C14H15ClO. The van der Waals surface area contributed by atoms with E-state index >= 15 is 0 Å². The molecule has 0 aromatic heterocycles. The van der Waals surface area contributed by atoms with Gasteiger partial charge in [-0.25, -0.2) is 0 Å². The molecule has 84 valence electrons. The lowest BCUT2D eigenvalue weighted by Gasteiger charge is -2.22. The van der Waals surface area contributed by atoms with Gasteiger partial charge in [0.05, 0.1) is 6.61 Å². The molecule has 0 aliphatic heterocycles. The van der Waals surface area contributed by atoms with Crippen molar-refractivity contribution in [3.8, 4) is 0 Å². The van der Waals surface area contributed by atoms with Gasteiger partial charge < -0.3 is 5.11 Å². The highest BCUT2D eigenvalue weighted by atomic mass is 35.5. The van der Waals surface area contributed by atoms with Crippen LogP contribution in [0.15, 0.2) is 36.4 Å². The normalized spacial score (nSPS) is 12.0. The van der Waals surface area contributed by atoms with Crippen LogP contribution in [0.3, 0.4) is 0 Å². The summed E-state index contributed by atoms with van der Waals surface area (Å²) in [5, 5.41) is 12.4. The second-order valence-electron chi connectivity index (χ2n) is 4.75. The first-order valence-corrected chi connectivity index (χ1v) is 5.71. The predicted octanol–water partition coefficient (Wildman–Crippen LogP) is 3.76. The topological polar surface area (TPSA) is 20.2 Å². The van der Waals surface area contributed by atoms with Crippen LogP contribution in [0.5, 0.6) is 0 Å². The van der Waals surface area contributed by atoms with E-state index in [0.717, 1.165) is 21.4 Å². The highest BCUT2D eigenvalue weighted by molar-refractivity contribution is 6.31. The van der Waals surface area contributed by atoms with E-state index in [1.807, 2.05) is 38.1 Å². The third-order valence-electron chi connectivity index (χ3n) is 2.98. The summed E-state index contributed by atoms with van der Waals surface area (Å²) >= 11 is 5.94. The molecule has 0 unspecified atom stereocenters. The van der Waals surface area contributed by atoms with Crippen molar-refractivity contribution < 1.29 is 5.11 Å². The zero-order chi connectivity index (χ0) is 11.8. The lowest BCUT2D eigenvalue weighted by molar-refractivity contribution is 0.218. The monoisotopic (exact) mass is 234 g/mol. The molecule has 16 heavy (non-hydrogen) atoms. The number of hydrogen-bond donors (Lipinski definition) is 1. The minimum Gasteiger partial charge on any atom is -0.395 e. The molecule has 2 aromatic rings. The second kappa shape index (κ2) is 4.08. The zero-order valence-electron chi connectivity index (χ0n) is 9.50. The fraction of sp³-hybridized carbons (Fsp3) is 0.286. The van der Waals surface area contributed by atoms with Crippen molar-refractivity contribution in [2.75, 3.05) is 6.61 Å². The summed E-state index contributed by atoms with van der Waals surface area (Å²) in [4.78, 5) is 0. The van der Waals surface area contributed by atoms with Gasteiger partial charge in [-0.3, -0.25) is 0 Å². The third-order valence-corrected chi connectivity index (χ3v) is 3.21. The molecule has 0 radical (unpaired) electrons. The van der Waals surface area contributed by atoms with Gasteiger partial charge in [-0.15, -0.1) is 0 Å². The Hall–Kier alpha value is -1.05. The van der Waals surface area contributed by atoms with Gasteiger partial charge in [-0.05, 0) is 28.5 Å². The van der Waals surface area contributed by atoms with Crippen LogP contribution in [-0.2, 0) is 5.41 Å². The Morgan fingerprint density at radius 1 is 1.06 bits per heavy atom. The molecule has 0 saturated heterocycles. The van der Waals surface area contributed by atoms with E-state index < -0.39 is 0 Å². The lowest BCUT2D eigenvalue weighted by Crippen LogP contribution is -2.21. The van der Waals surface area contributed by atoms with Crippen molar-refractivity contribution in [1.29, 1.82) is 0 Å². The summed E-state index contributed by atoms with van der Waals surface area (Å²) in [6.45, 7) is 4.21. The van der Waals surface area contributed by atoms with Crippen molar-refractivity contribution >= 4 is 22.4 Å². The van der Waals surface area contributed by atoms with Crippen LogP contribution in [-0.4, -0.2) is 11.7 Å². The summed E-state index contributed by atoms with van der Waals surface area (Å²) in [6.07, 6.45) is 0. The predicted molar refractivity (Wildman–Crippen MR) is 69.1 cm³/mol. The summed E-state index contributed by atoms with van der Waals surface area (Å²) in [7, 11) is 0. The molecule has 0 aliphatic carbocycles. The molecule has 1 nitrogen and oxygen atoms in total. The Morgan fingerprint density at radius 3 is 2.38 bits per heavy atom. The van der Waals surface area contributed by atoms with Crippen molar-refractivity contribution in [3.63, 3.8) is 0 Å². The van der Waals surface area contributed by atoms with Crippen molar-refractivity contribution in [2.45, 2.75) is 19.3 Å². The molecular weight excluding hydrogens is 220 g/mol. The summed E-state index contributed by atoms with van der Waals surface area (Å²) in [5.41, 5.74) is 0.943. The van der Waals surface area contributed by atoms with E-state index in [-0.39, 0.29) is 12.0 Å². The highest BCUT2D eigenvalue weighted by Crippen LogP contribution is 2.27. The number of aliphatic hydroxyl groups is 1. The van der Waals surface area contributed by atoms with E-state index in [1.54, 1.807) is 0 Å². The van der Waals surface area contributed by atoms with E-state index in [2.05, 4.69) is 12.1 Å². The summed E-state index contributed by atoms with van der Waals surface area (Å²) in [6, 6.07) is 12.1. The Balaban J connectivity index is 2.57. The quantitative estimate of drug-likeness (QED) is 0.839. The Labute approximate surface area is 101 Å². The van der Waals surface area contributed by atoms with Gasteiger partial charge in [-0.1, -0.05) is 49.7 Å². The third kappa shape index (κ3) is 2.06. The average Bonchev–Trinajstić information content (AvgIpc) is 2.28. The summed E-state index contributed by atoms with van der Waals surface area (Å²) in [5.74, 6) is 0. The van der Waals surface area contributed by atoms with Gasteiger partial charge in [0, 0.05) is 10.4 Å². The zero-order valence-corrected chi connectivity index (χ0v) is 10.3. The van der Waals surface area contributed by atoms with Gasteiger partial charge in [0.15, 0.2) is 0 Å². The first kappa shape index (κ1) is 11.4. The molecule has 2 aromatic carbocycles. The van der Waals surface area contributed by atoms with Crippen LogP contribution in [0.1, 0.15) is 19.4 Å². The fourth-order valence-electron chi connectivity index (χ4n) is 1.73. The number of rotatable bonds is 2. The number of hydrogen-bond acceptors (Lipinski definition) is 1. The molecule has 0 bridgehead atoms. The molecule has 0 heterocycles. The van der Waals surface area contributed by atoms with Gasteiger partial charge in [0.25, 0.3) is 0 Å². The maximum atomic E-state index is 9.34. The Kier molecular flexibility index (Phi) is 2.92. The summed E-state index contributed by atoms with van der Waals surface area (Å²) < 4.78 is 0. The number of fused-ring (bicyclic) bond motifs is 1. The van der Waals surface area contributed by atoms with Crippen LogP contribution in [0, 0.1) is 0 Å². The molecule has 1 N–H and O–H groups in total. The average molecular weight is 235 g/mol. The second-order valence-corrected chi connectivity index (χ2v) is 5.18.